The number of carbonyl (C=O) groups excluding carboxylic acids is 1. The summed E-state index contributed by atoms with van der Waals surface area (Å²) in [6.45, 7) is 6.58. The molecule has 0 spiro atoms. The highest BCUT2D eigenvalue weighted by atomic mass is 19.1. The largest absolute Gasteiger partial charge is 0.490 e. The van der Waals surface area contributed by atoms with Crippen molar-refractivity contribution >= 4 is 5.91 Å². The maximum Gasteiger partial charge on any atom is 0.251 e. The van der Waals surface area contributed by atoms with Crippen LogP contribution in [0.2, 0.25) is 0 Å². The predicted octanol–water partition coefficient (Wildman–Crippen LogP) is 3.91. The second kappa shape index (κ2) is 10.4. The average molecular weight is 269 g/mol. The molecule has 0 bridgehead atoms. The van der Waals surface area contributed by atoms with E-state index in [1.807, 2.05) is 13.8 Å². The van der Waals surface area contributed by atoms with E-state index in [0.29, 0.717) is 6.61 Å². The topological polar surface area (TPSA) is 52.3 Å². The fraction of sp³-hybridized carbons (Fsp3) is 0.533. The summed E-state index contributed by atoms with van der Waals surface area (Å²) < 4.78 is 19.0. The highest BCUT2D eigenvalue weighted by Crippen LogP contribution is 2.20. The molecule has 0 atom stereocenters. The van der Waals surface area contributed by atoms with Crippen LogP contribution in [0.1, 0.15) is 56.8 Å². The third-order valence-corrected chi connectivity index (χ3v) is 2.48. The Morgan fingerprint density at radius 3 is 2.53 bits per heavy atom. The first-order valence-electron chi connectivity index (χ1n) is 6.88. The van der Waals surface area contributed by atoms with Gasteiger partial charge in [-0.3, -0.25) is 4.79 Å². The molecule has 0 unspecified atom stereocenters. The lowest BCUT2D eigenvalue weighted by atomic mass is 10.2. The van der Waals surface area contributed by atoms with Crippen LogP contribution in [0.15, 0.2) is 18.2 Å². The maximum atomic E-state index is 13.7. The van der Waals surface area contributed by atoms with Gasteiger partial charge in [-0.25, -0.2) is 4.39 Å². The second-order valence-electron chi connectivity index (χ2n) is 3.89. The molecule has 0 saturated heterocycles. The van der Waals surface area contributed by atoms with Crippen molar-refractivity contribution in [3.05, 3.63) is 29.6 Å². The SMILES string of the molecule is CC.CCCCCCOc1cccc(C(N)=O)c1F. The van der Waals surface area contributed by atoms with Gasteiger partial charge in [-0.1, -0.05) is 46.1 Å². The molecule has 3 nitrogen and oxygen atoms in total. The maximum absolute atomic E-state index is 13.7. The minimum Gasteiger partial charge on any atom is -0.490 e. The number of amides is 1. The van der Waals surface area contributed by atoms with Gasteiger partial charge in [0.25, 0.3) is 5.91 Å². The smallest absolute Gasteiger partial charge is 0.251 e. The molecule has 0 aliphatic heterocycles. The molecule has 0 heterocycles. The summed E-state index contributed by atoms with van der Waals surface area (Å²) in [5.41, 5.74) is 4.91. The molecule has 1 rings (SSSR count). The van der Waals surface area contributed by atoms with Crippen molar-refractivity contribution in [2.24, 2.45) is 5.73 Å². The molecule has 0 radical (unpaired) electrons. The van der Waals surface area contributed by atoms with Gasteiger partial charge in [0, 0.05) is 0 Å². The number of primary amides is 1. The van der Waals surface area contributed by atoms with Gasteiger partial charge >= 0.3 is 0 Å². The van der Waals surface area contributed by atoms with Crippen LogP contribution in [-0.2, 0) is 0 Å². The summed E-state index contributed by atoms with van der Waals surface area (Å²) >= 11 is 0. The van der Waals surface area contributed by atoms with Crippen molar-refractivity contribution in [1.29, 1.82) is 0 Å². The third kappa shape index (κ3) is 6.22. The summed E-state index contributed by atoms with van der Waals surface area (Å²) in [6, 6.07) is 4.41. The van der Waals surface area contributed by atoms with E-state index in [1.54, 1.807) is 6.07 Å². The summed E-state index contributed by atoms with van der Waals surface area (Å²) in [4.78, 5) is 10.9. The Hall–Kier alpha value is -1.58. The quantitative estimate of drug-likeness (QED) is 0.763. The van der Waals surface area contributed by atoms with Gasteiger partial charge in [0.2, 0.25) is 0 Å². The molecule has 2 N–H and O–H groups in total. The first-order chi connectivity index (χ1) is 9.16. The minimum absolute atomic E-state index is 0.0952. The van der Waals surface area contributed by atoms with Crippen molar-refractivity contribution in [3.63, 3.8) is 0 Å². The van der Waals surface area contributed by atoms with Crippen LogP contribution in [0.25, 0.3) is 0 Å². The summed E-state index contributed by atoms with van der Waals surface area (Å²) in [5.74, 6) is -1.35. The molecule has 1 aromatic rings. The van der Waals surface area contributed by atoms with Crippen LogP contribution < -0.4 is 10.5 Å². The number of rotatable bonds is 7. The van der Waals surface area contributed by atoms with E-state index in [1.165, 1.54) is 12.1 Å². The van der Waals surface area contributed by atoms with E-state index in [0.717, 1.165) is 25.7 Å². The van der Waals surface area contributed by atoms with Crippen LogP contribution in [-0.4, -0.2) is 12.5 Å². The third-order valence-electron chi connectivity index (χ3n) is 2.48. The molecule has 0 aliphatic carbocycles. The van der Waals surface area contributed by atoms with Crippen LogP contribution in [0, 0.1) is 5.82 Å². The van der Waals surface area contributed by atoms with Crippen LogP contribution >= 0.6 is 0 Å². The Kier molecular flexibility index (Phi) is 9.49. The minimum atomic E-state index is -0.779. The van der Waals surface area contributed by atoms with Crippen LogP contribution in [0.3, 0.4) is 0 Å². The fourth-order valence-electron chi connectivity index (χ4n) is 1.52. The molecule has 1 aromatic carbocycles. The summed E-state index contributed by atoms with van der Waals surface area (Å²) in [5, 5.41) is 0. The van der Waals surface area contributed by atoms with Gasteiger partial charge in [-0.15, -0.1) is 0 Å². The Labute approximate surface area is 115 Å². The zero-order chi connectivity index (χ0) is 14.7. The van der Waals surface area contributed by atoms with E-state index in [-0.39, 0.29) is 11.3 Å². The Bertz CT molecular complexity index is 380. The zero-order valence-corrected chi connectivity index (χ0v) is 12.0. The number of carbonyl (C=O) groups is 1. The molecule has 0 fully saturated rings. The highest BCUT2D eigenvalue weighted by Gasteiger charge is 2.12. The zero-order valence-electron chi connectivity index (χ0n) is 12.0. The number of halogens is 1. The molecule has 19 heavy (non-hydrogen) atoms. The number of benzene rings is 1. The van der Waals surface area contributed by atoms with E-state index < -0.39 is 11.7 Å². The summed E-state index contributed by atoms with van der Waals surface area (Å²) in [6.07, 6.45) is 4.24. The van der Waals surface area contributed by atoms with E-state index in [2.05, 4.69) is 6.92 Å². The first-order valence-corrected chi connectivity index (χ1v) is 6.88. The molecule has 1 amide bonds. The Morgan fingerprint density at radius 1 is 1.26 bits per heavy atom. The van der Waals surface area contributed by atoms with Crippen molar-refractivity contribution in [2.45, 2.75) is 46.5 Å². The average Bonchev–Trinajstić information content (AvgIpc) is 2.42. The standard InChI is InChI=1S/C13H18FNO2.C2H6/c1-2-3-4-5-9-17-11-8-6-7-10(12(11)14)13(15)16;1-2/h6-8H,2-5,9H2,1H3,(H2,15,16);1-2H3. The monoisotopic (exact) mass is 269 g/mol. The summed E-state index contributed by atoms with van der Waals surface area (Å²) in [7, 11) is 0. The van der Waals surface area contributed by atoms with E-state index >= 15 is 0 Å². The van der Waals surface area contributed by atoms with Gasteiger partial charge in [0.1, 0.15) is 0 Å². The lowest BCUT2D eigenvalue weighted by Crippen LogP contribution is -2.14. The van der Waals surface area contributed by atoms with Crippen molar-refractivity contribution < 1.29 is 13.9 Å². The van der Waals surface area contributed by atoms with Gasteiger partial charge in [-0.05, 0) is 18.6 Å². The molecular formula is C15H24FNO2. The fourth-order valence-corrected chi connectivity index (χ4v) is 1.52. The van der Waals surface area contributed by atoms with E-state index in [9.17, 15) is 9.18 Å². The Balaban J connectivity index is 0.00000154. The molecule has 4 heteroatoms. The molecule has 0 saturated carbocycles. The molecule has 108 valence electrons. The van der Waals surface area contributed by atoms with Gasteiger partial charge in [0.15, 0.2) is 11.6 Å². The van der Waals surface area contributed by atoms with Gasteiger partial charge < -0.3 is 10.5 Å². The van der Waals surface area contributed by atoms with E-state index in [4.69, 9.17) is 10.5 Å². The van der Waals surface area contributed by atoms with Crippen molar-refractivity contribution in [1.82, 2.24) is 0 Å². The first kappa shape index (κ1) is 17.4. The number of hydrogen-bond donors (Lipinski definition) is 1. The number of nitrogens with two attached hydrogens (primary N) is 1. The van der Waals surface area contributed by atoms with Crippen molar-refractivity contribution in [3.8, 4) is 5.75 Å². The normalized spacial score (nSPS) is 9.47. The number of ether oxygens (including phenoxy) is 1. The van der Waals surface area contributed by atoms with Gasteiger partial charge in [0.05, 0.1) is 12.2 Å². The van der Waals surface area contributed by atoms with Crippen LogP contribution in [0.4, 0.5) is 4.39 Å². The van der Waals surface area contributed by atoms with Crippen LogP contribution in [0.5, 0.6) is 5.75 Å². The Morgan fingerprint density at radius 2 is 1.95 bits per heavy atom. The predicted molar refractivity (Wildman–Crippen MR) is 75.9 cm³/mol. The second-order valence-corrected chi connectivity index (χ2v) is 3.89. The number of hydrogen-bond acceptors (Lipinski definition) is 2. The molecule has 0 aliphatic rings. The van der Waals surface area contributed by atoms with Gasteiger partial charge in [-0.2, -0.15) is 0 Å². The highest BCUT2D eigenvalue weighted by molar-refractivity contribution is 5.93. The lowest BCUT2D eigenvalue weighted by molar-refractivity contribution is 0.0995. The number of unbranched alkanes of at least 4 members (excludes halogenated alkanes) is 3. The molecule has 0 aromatic heterocycles. The van der Waals surface area contributed by atoms with Crippen molar-refractivity contribution in [2.75, 3.05) is 6.61 Å². The lowest BCUT2D eigenvalue weighted by Gasteiger charge is -2.08. The molecular weight excluding hydrogens is 245 g/mol.